The highest BCUT2D eigenvalue weighted by Crippen LogP contribution is 2.33. The third-order valence-corrected chi connectivity index (χ3v) is 6.56. The van der Waals surface area contributed by atoms with Crippen molar-refractivity contribution >= 4 is 5.78 Å². The normalized spacial score (nSPS) is 19.4. The molecule has 1 aromatic carbocycles. The highest BCUT2D eigenvalue weighted by Gasteiger charge is 2.25. The maximum Gasteiger partial charge on any atom is 0.178 e. The van der Waals surface area contributed by atoms with Gasteiger partial charge in [-0.1, -0.05) is 43.2 Å². The lowest BCUT2D eigenvalue weighted by Gasteiger charge is -2.34. The van der Waals surface area contributed by atoms with Gasteiger partial charge in [-0.05, 0) is 38.3 Å². The molecule has 0 atom stereocenters. The maximum absolute atomic E-state index is 13.0. The molecule has 2 heterocycles. The van der Waals surface area contributed by atoms with Crippen LogP contribution in [0, 0.1) is 13.8 Å². The van der Waals surface area contributed by atoms with Crippen molar-refractivity contribution < 1.29 is 4.79 Å². The van der Waals surface area contributed by atoms with Crippen LogP contribution in [-0.2, 0) is 6.54 Å². The summed E-state index contributed by atoms with van der Waals surface area (Å²) in [7, 11) is 0. The first-order valence-corrected chi connectivity index (χ1v) is 10.8. The van der Waals surface area contributed by atoms with Gasteiger partial charge in [0.25, 0.3) is 0 Å². The highest BCUT2D eigenvalue weighted by atomic mass is 16.1. The van der Waals surface area contributed by atoms with Crippen molar-refractivity contribution in [2.75, 3.05) is 32.7 Å². The number of benzene rings is 1. The number of ketones is 1. The minimum absolute atomic E-state index is 0.286. The van der Waals surface area contributed by atoms with Crippen LogP contribution in [0.15, 0.2) is 36.4 Å². The molecule has 1 saturated heterocycles. The SMILES string of the molecule is Cc1cc(C(=O)CN2CCN(Cc3ccccc3)CC2)c(C)n1C1CCCC1. The topological polar surface area (TPSA) is 28.5 Å². The van der Waals surface area contributed by atoms with E-state index in [9.17, 15) is 4.79 Å². The third kappa shape index (κ3) is 4.23. The zero-order chi connectivity index (χ0) is 19.5. The van der Waals surface area contributed by atoms with Crippen LogP contribution in [0.5, 0.6) is 0 Å². The first-order chi connectivity index (χ1) is 13.6. The molecule has 2 fully saturated rings. The number of Topliss-reactive ketones (excluding diaryl/α,β-unsaturated/α-hetero) is 1. The van der Waals surface area contributed by atoms with E-state index in [1.807, 2.05) is 0 Å². The van der Waals surface area contributed by atoms with Crippen molar-refractivity contribution in [1.29, 1.82) is 0 Å². The van der Waals surface area contributed by atoms with Crippen molar-refractivity contribution in [2.45, 2.75) is 52.1 Å². The quantitative estimate of drug-likeness (QED) is 0.704. The number of rotatable bonds is 6. The fourth-order valence-corrected chi connectivity index (χ4v) is 5.02. The Balaban J connectivity index is 1.33. The fraction of sp³-hybridized carbons (Fsp3) is 0.542. The van der Waals surface area contributed by atoms with Crippen molar-refractivity contribution in [3.63, 3.8) is 0 Å². The second-order valence-electron chi connectivity index (χ2n) is 8.55. The number of carbonyl (C=O) groups excluding carboxylic acids is 1. The molecule has 0 bridgehead atoms. The minimum Gasteiger partial charge on any atom is -0.345 e. The molecular weight excluding hydrogens is 346 g/mol. The standard InChI is InChI=1S/C24H33N3O/c1-19-16-23(20(2)27(19)22-10-6-7-11-22)24(28)18-26-14-12-25(13-15-26)17-21-8-4-3-5-9-21/h3-5,8-9,16,22H,6-7,10-15,17-18H2,1-2H3. The van der Waals surface area contributed by atoms with E-state index < -0.39 is 0 Å². The average Bonchev–Trinajstić information content (AvgIpc) is 3.32. The Morgan fingerprint density at radius 1 is 0.964 bits per heavy atom. The van der Waals surface area contributed by atoms with Gasteiger partial charge in [0.05, 0.1) is 6.54 Å². The summed E-state index contributed by atoms with van der Waals surface area (Å²) >= 11 is 0. The van der Waals surface area contributed by atoms with Gasteiger partial charge in [-0.15, -0.1) is 0 Å². The maximum atomic E-state index is 13.0. The van der Waals surface area contributed by atoms with Gasteiger partial charge in [-0.2, -0.15) is 0 Å². The summed E-state index contributed by atoms with van der Waals surface area (Å²) in [5.74, 6) is 0.286. The summed E-state index contributed by atoms with van der Waals surface area (Å²) in [4.78, 5) is 17.8. The zero-order valence-electron chi connectivity index (χ0n) is 17.4. The minimum atomic E-state index is 0.286. The van der Waals surface area contributed by atoms with Gasteiger partial charge in [0, 0.05) is 55.7 Å². The fourth-order valence-electron chi connectivity index (χ4n) is 5.02. The molecule has 1 aliphatic carbocycles. The van der Waals surface area contributed by atoms with Crippen LogP contribution in [0.25, 0.3) is 0 Å². The molecule has 0 N–H and O–H groups in total. The smallest absolute Gasteiger partial charge is 0.178 e. The second-order valence-corrected chi connectivity index (χ2v) is 8.55. The van der Waals surface area contributed by atoms with Crippen LogP contribution in [-0.4, -0.2) is 52.9 Å². The van der Waals surface area contributed by atoms with E-state index in [-0.39, 0.29) is 5.78 Å². The summed E-state index contributed by atoms with van der Waals surface area (Å²) in [5, 5.41) is 0. The largest absolute Gasteiger partial charge is 0.345 e. The Hall–Kier alpha value is -1.91. The van der Waals surface area contributed by atoms with Gasteiger partial charge in [0.1, 0.15) is 0 Å². The lowest BCUT2D eigenvalue weighted by atomic mass is 10.1. The van der Waals surface area contributed by atoms with Crippen LogP contribution in [0.3, 0.4) is 0 Å². The van der Waals surface area contributed by atoms with Gasteiger partial charge in [-0.3, -0.25) is 14.6 Å². The molecule has 0 unspecified atom stereocenters. The molecule has 4 nitrogen and oxygen atoms in total. The van der Waals surface area contributed by atoms with E-state index >= 15 is 0 Å². The van der Waals surface area contributed by atoms with Crippen LogP contribution in [0.4, 0.5) is 0 Å². The number of piperazine rings is 1. The molecule has 2 aromatic rings. The molecule has 4 rings (SSSR count). The molecule has 0 amide bonds. The van der Waals surface area contributed by atoms with Crippen molar-refractivity contribution in [1.82, 2.24) is 14.4 Å². The monoisotopic (exact) mass is 379 g/mol. The van der Waals surface area contributed by atoms with E-state index in [1.165, 1.54) is 42.6 Å². The summed E-state index contributed by atoms with van der Waals surface area (Å²) < 4.78 is 2.43. The van der Waals surface area contributed by atoms with Crippen LogP contribution < -0.4 is 0 Å². The van der Waals surface area contributed by atoms with E-state index in [4.69, 9.17) is 0 Å². The number of nitrogens with zero attached hydrogens (tertiary/aromatic N) is 3. The summed E-state index contributed by atoms with van der Waals surface area (Å²) in [6.45, 7) is 9.85. The first kappa shape index (κ1) is 19.4. The number of hydrogen-bond acceptors (Lipinski definition) is 3. The molecule has 1 saturated carbocycles. The van der Waals surface area contributed by atoms with Gasteiger partial charge in [0.15, 0.2) is 5.78 Å². The van der Waals surface area contributed by atoms with Crippen LogP contribution >= 0.6 is 0 Å². The lowest BCUT2D eigenvalue weighted by Crippen LogP contribution is -2.47. The number of aromatic nitrogens is 1. The Labute approximate surface area is 169 Å². The Morgan fingerprint density at radius 3 is 2.29 bits per heavy atom. The lowest BCUT2D eigenvalue weighted by molar-refractivity contribution is 0.0843. The summed E-state index contributed by atoms with van der Waals surface area (Å²) in [6, 6.07) is 13.4. The molecule has 2 aliphatic rings. The molecule has 150 valence electrons. The van der Waals surface area contributed by atoms with Crippen molar-refractivity contribution in [3.05, 3.63) is 58.9 Å². The number of hydrogen-bond donors (Lipinski definition) is 0. The van der Waals surface area contributed by atoms with E-state index in [1.54, 1.807) is 0 Å². The highest BCUT2D eigenvalue weighted by molar-refractivity contribution is 5.99. The van der Waals surface area contributed by atoms with E-state index in [2.05, 4.69) is 64.6 Å². The van der Waals surface area contributed by atoms with Crippen LogP contribution in [0.2, 0.25) is 0 Å². The van der Waals surface area contributed by atoms with Crippen molar-refractivity contribution in [2.24, 2.45) is 0 Å². The van der Waals surface area contributed by atoms with Gasteiger partial charge in [-0.25, -0.2) is 0 Å². The zero-order valence-corrected chi connectivity index (χ0v) is 17.4. The predicted octanol–water partition coefficient (Wildman–Crippen LogP) is 4.22. The average molecular weight is 380 g/mol. The second kappa shape index (κ2) is 8.62. The molecule has 4 heteroatoms. The number of aryl methyl sites for hydroxylation is 1. The number of carbonyl (C=O) groups is 1. The summed E-state index contributed by atoms with van der Waals surface area (Å²) in [6.07, 6.45) is 5.15. The molecular formula is C24H33N3O. The molecule has 1 aliphatic heterocycles. The molecule has 28 heavy (non-hydrogen) atoms. The molecule has 0 radical (unpaired) electrons. The van der Waals surface area contributed by atoms with E-state index in [0.717, 1.165) is 38.3 Å². The summed E-state index contributed by atoms with van der Waals surface area (Å²) in [5.41, 5.74) is 4.74. The van der Waals surface area contributed by atoms with Gasteiger partial charge in [0.2, 0.25) is 0 Å². The van der Waals surface area contributed by atoms with Gasteiger partial charge >= 0.3 is 0 Å². The Bertz CT molecular complexity index is 797. The predicted molar refractivity (Wildman–Crippen MR) is 114 cm³/mol. The Morgan fingerprint density at radius 2 is 1.61 bits per heavy atom. The van der Waals surface area contributed by atoms with Crippen LogP contribution in [0.1, 0.15) is 59.0 Å². The van der Waals surface area contributed by atoms with Crippen molar-refractivity contribution in [3.8, 4) is 0 Å². The first-order valence-electron chi connectivity index (χ1n) is 10.8. The molecule has 1 aromatic heterocycles. The Kier molecular flexibility index (Phi) is 5.98. The van der Waals surface area contributed by atoms with Gasteiger partial charge < -0.3 is 4.57 Å². The molecule has 0 spiro atoms. The third-order valence-electron chi connectivity index (χ3n) is 6.56. The van der Waals surface area contributed by atoms with E-state index in [0.29, 0.717) is 12.6 Å².